The number of nitriles is 2. The Morgan fingerprint density at radius 2 is 1.48 bits per heavy atom. The van der Waals surface area contributed by atoms with E-state index in [1.807, 2.05) is 24.3 Å². The van der Waals surface area contributed by atoms with Crippen molar-refractivity contribution in [1.29, 1.82) is 10.5 Å². The van der Waals surface area contributed by atoms with E-state index in [9.17, 15) is 10.5 Å². The molecule has 0 bridgehead atoms. The van der Waals surface area contributed by atoms with E-state index in [0.29, 0.717) is 0 Å². The van der Waals surface area contributed by atoms with Crippen molar-refractivity contribution in [2.75, 3.05) is 0 Å². The van der Waals surface area contributed by atoms with Crippen LogP contribution in [0.2, 0.25) is 0 Å². The lowest BCUT2D eigenvalue weighted by Crippen LogP contribution is -2.38. The van der Waals surface area contributed by atoms with Gasteiger partial charge in [-0.1, -0.05) is 67.9 Å². The van der Waals surface area contributed by atoms with Gasteiger partial charge in [0, 0.05) is 9.79 Å². The Bertz CT molecular complexity index is 738. The van der Waals surface area contributed by atoms with Crippen LogP contribution in [0.25, 0.3) is 0 Å². The van der Waals surface area contributed by atoms with Crippen molar-refractivity contribution in [2.24, 2.45) is 5.92 Å². The van der Waals surface area contributed by atoms with Gasteiger partial charge in [-0.2, -0.15) is 10.5 Å². The second-order valence-corrected chi connectivity index (χ2v) is 6.94. The number of hydrogen-bond acceptors (Lipinski definition) is 3. The second-order valence-electron chi connectivity index (χ2n) is 5.86. The molecule has 3 rings (SSSR count). The normalized spacial score (nSPS) is 14.4. The van der Waals surface area contributed by atoms with Gasteiger partial charge in [-0.25, -0.2) is 0 Å². The van der Waals surface area contributed by atoms with Crippen LogP contribution in [0.15, 0.2) is 58.3 Å². The first kappa shape index (κ1) is 15.7. The van der Waals surface area contributed by atoms with Crippen LogP contribution in [0.4, 0.5) is 0 Å². The zero-order valence-electron chi connectivity index (χ0n) is 13.1. The van der Waals surface area contributed by atoms with Gasteiger partial charge in [0.15, 0.2) is 0 Å². The van der Waals surface area contributed by atoms with Gasteiger partial charge in [-0.15, -0.1) is 0 Å². The van der Waals surface area contributed by atoms with E-state index < -0.39 is 11.3 Å². The first-order chi connectivity index (χ1) is 11.3. The molecule has 3 heteroatoms. The molecule has 0 amide bonds. The number of unbranched alkanes of at least 4 members (excludes halogenated alkanes) is 1. The Hall–Kier alpha value is -2.23. The predicted octanol–water partition coefficient (Wildman–Crippen LogP) is 5.29. The molecule has 2 aromatic rings. The molecular weight excluding hydrogens is 300 g/mol. The quantitative estimate of drug-likeness (QED) is 0.769. The molecule has 0 radical (unpaired) electrons. The molecule has 1 aliphatic heterocycles. The van der Waals surface area contributed by atoms with Crippen LogP contribution in [0.5, 0.6) is 0 Å². The monoisotopic (exact) mass is 318 g/mol. The molecule has 0 saturated heterocycles. The average Bonchev–Trinajstić information content (AvgIpc) is 2.60. The van der Waals surface area contributed by atoms with Gasteiger partial charge in [0.25, 0.3) is 0 Å². The van der Waals surface area contributed by atoms with E-state index in [0.717, 1.165) is 40.2 Å². The van der Waals surface area contributed by atoms with Crippen molar-refractivity contribution in [3.8, 4) is 12.1 Å². The molecule has 2 aromatic carbocycles. The SMILES string of the molecule is CCCCC1(C(C#N)C#N)c2ccccc2Sc2ccccc21. The van der Waals surface area contributed by atoms with Crippen molar-refractivity contribution in [3.63, 3.8) is 0 Å². The fraction of sp³-hybridized carbons (Fsp3) is 0.300. The van der Waals surface area contributed by atoms with Gasteiger partial charge >= 0.3 is 0 Å². The molecule has 0 N–H and O–H groups in total. The molecule has 2 nitrogen and oxygen atoms in total. The molecule has 0 unspecified atom stereocenters. The zero-order valence-corrected chi connectivity index (χ0v) is 13.9. The molecule has 1 aliphatic rings. The largest absolute Gasteiger partial charge is 0.197 e. The molecule has 23 heavy (non-hydrogen) atoms. The van der Waals surface area contributed by atoms with Crippen LogP contribution in [0, 0.1) is 28.6 Å². The number of rotatable bonds is 4. The van der Waals surface area contributed by atoms with Crippen molar-refractivity contribution >= 4 is 11.8 Å². The maximum absolute atomic E-state index is 9.71. The van der Waals surface area contributed by atoms with E-state index >= 15 is 0 Å². The van der Waals surface area contributed by atoms with Crippen molar-refractivity contribution in [3.05, 3.63) is 59.7 Å². The third-order valence-electron chi connectivity index (χ3n) is 4.63. The summed E-state index contributed by atoms with van der Waals surface area (Å²) in [7, 11) is 0. The van der Waals surface area contributed by atoms with E-state index in [1.54, 1.807) is 11.8 Å². The lowest BCUT2D eigenvalue weighted by atomic mass is 9.63. The summed E-state index contributed by atoms with van der Waals surface area (Å²) in [5, 5.41) is 19.4. The highest BCUT2D eigenvalue weighted by atomic mass is 32.2. The van der Waals surface area contributed by atoms with Gasteiger partial charge in [0.2, 0.25) is 0 Å². The number of hydrogen-bond donors (Lipinski definition) is 0. The van der Waals surface area contributed by atoms with Gasteiger partial charge in [0.1, 0.15) is 5.92 Å². The third-order valence-corrected chi connectivity index (χ3v) is 5.78. The van der Waals surface area contributed by atoms with Crippen LogP contribution in [0.1, 0.15) is 37.3 Å². The molecule has 0 atom stereocenters. The van der Waals surface area contributed by atoms with Crippen molar-refractivity contribution < 1.29 is 0 Å². The second kappa shape index (κ2) is 6.49. The lowest BCUT2D eigenvalue weighted by molar-refractivity contribution is 0.388. The summed E-state index contributed by atoms with van der Waals surface area (Å²) >= 11 is 1.74. The molecule has 1 heterocycles. The molecule has 0 spiro atoms. The Balaban J connectivity index is 2.33. The average molecular weight is 318 g/mol. The summed E-state index contributed by atoms with van der Waals surface area (Å²) in [5.74, 6) is -0.683. The minimum absolute atomic E-state index is 0.530. The van der Waals surface area contributed by atoms with Crippen LogP contribution < -0.4 is 0 Å². The minimum atomic E-state index is -0.683. The summed E-state index contributed by atoms with van der Waals surface area (Å²) in [4.78, 5) is 2.33. The summed E-state index contributed by atoms with van der Waals surface area (Å²) < 4.78 is 0. The Labute approximate surface area is 141 Å². The van der Waals surface area contributed by atoms with Crippen LogP contribution in [0.3, 0.4) is 0 Å². The van der Waals surface area contributed by atoms with Crippen molar-refractivity contribution in [2.45, 2.75) is 41.4 Å². The fourth-order valence-corrected chi connectivity index (χ4v) is 4.79. The number of nitrogens with zero attached hydrogens (tertiary/aromatic N) is 2. The maximum Gasteiger partial charge on any atom is 0.147 e. The smallest absolute Gasteiger partial charge is 0.147 e. The minimum Gasteiger partial charge on any atom is -0.197 e. The van der Waals surface area contributed by atoms with Gasteiger partial charge in [-0.3, -0.25) is 0 Å². The van der Waals surface area contributed by atoms with E-state index in [-0.39, 0.29) is 0 Å². The first-order valence-corrected chi connectivity index (χ1v) is 8.75. The Morgan fingerprint density at radius 3 is 1.96 bits per heavy atom. The van der Waals surface area contributed by atoms with E-state index in [4.69, 9.17) is 0 Å². The first-order valence-electron chi connectivity index (χ1n) is 7.94. The molecule has 114 valence electrons. The van der Waals surface area contributed by atoms with Crippen LogP contribution in [-0.4, -0.2) is 0 Å². The van der Waals surface area contributed by atoms with E-state index in [1.165, 1.54) is 0 Å². The summed E-state index contributed by atoms with van der Waals surface area (Å²) in [5.41, 5.74) is 1.73. The number of benzene rings is 2. The summed E-state index contributed by atoms with van der Waals surface area (Å²) in [6.45, 7) is 2.15. The molecule has 0 aromatic heterocycles. The van der Waals surface area contributed by atoms with Gasteiger partial charge < -0.3 is 0 Å². The highest BCUT2D eigenvalue weighted by Crippen LogP contribution is 2.54. The lowest BCUT2D eigenvalue weighted by Gasteiger charge is -2.41. The number of fused-ring (bicyclic) bond motifs is 2. The highest BCUT2D eigenvalue weighted by Gasteiger charge is 2.47. The zero-order chi connectivity index (χ0) is 16.3. The summed E-state index contributed by atoms with van der Waals surface area (Å²) in [6.07, 6.45) is 2.86. The predicted molar refractivity (Wildman–Crippen MR) is 92.0 cm³/mol. The third kappa shape index (κ3) is 2.42. The molecule has 0 saturated carbocycles. The van der Waals surface area contributed by atoms with Crippen LogP contribution in [-0.2, 0) is 5.41 Å². The topological polar surface area (TPSA) is 47.6 Å². The standard InChI is InChI=1S/C20H18N2S/c1-2-3-12-20(15(13-21)14-22)16-8-4-6-10-18(16)23-19-11-7-5-9-17(19)20/h4-11,15H,2-3,12H2,1H3. The Kier molecular flexibility index (Phi) is 4.42. The summed E-state index contributed by atoms with van der Waals surface area (Å²) in [6, 6.07) is 21.0. The van der Waals surface area contributed by atoms with Crippen LogP contribution >= 0.6 is 11.8 Å². The highest BCUT2D eigenvalue weighted by molar-refractivity contribution is 7.99. The fourth-order valence-electron chi connectivity index (χ4n) is 3.54. The molecular formula is C20H18N2S. The van der Waals surface area contributed by atoms with Crippen molar-refractivity contribution in [1.82, 2.24) is 0 Å². The van der Waals surface area contributed by atoms with Gasteiger partial charge in [0.05, 0.1) is 17.6 Å². The van der Waals surface area contributed by atoms with Gasteiger partial charge in [-0.05, 0) is 29.7 Å². The van der Waals surface area contributed by atoms with E-state index in [2.05, 4.69) is 43.3 Å². The maximum atomic E-state index is 9.71. The molecule has 0 aliphatic carbocycles. The Morgan fingerprint density at radius 1 is 0.957 bits per heavy atom. The molecule has 0 fully saturated rings.